The molecule has 1 N–H and O–H groups in total. The summed E-state index contributed by atoms with van der Waals surface area (Å²) in [6.45, 7) is 3.88. The number of halogens is 3. The summed E-state index contributed by atoms with van der Waals surface area (Å²) in [7, 11) is 0. The molecule has 1 amide bonds. The summed E-state index contributed by atoms with van der Waals surface area (Å²) in [4.78, 5) is 14.3. The third-order valence-electron chi connectivity index (χ3n) is 4.34. The maximum atomic E-state index is 12.5. The predicted molar refractivity (Wildman–Crippen MR) is 84.2 cm³/mol. The average molecular weight is 328 g/mol. The smallest absolute Gasteiger partial charge is 0.326 e. The lowest BCUT2D eigenvalue weighted by Crippen LogP contribution is -2.40. The zero-order valence-corrected chi connectivity index (χ0v) is 13.3. The fourth-order valence-electron chi connectivity index (χ4n) is 3.03. The number of nitrogens with zero attached hydrogens (tertiary/aromatic N) is 1. The van der Waals surface area contributed by atoms with Crippen LogP contribution in [0, 0.1) is 0 Å². The van der Waals surface area contributed by atoms with Gasteiger partial charge in [-0.15, -0.1) is 0 Å². The molecule has 128 valence electrons. The van der Waals surface area contributed by atoms with Gasteiger partial charge in [0.15, 0.2) is 0 Å². The Morgan fingerprint density at radius 2 is 1.96 bits per heavy atom. The van der Waals surface area contributed by atoms with Gasteiger partial charge in [0.2, 0.25) is 5.91 Å². The van der Waals surface area contributed by atoms with Crippen molar-refractivity contribution >= 4 is 11.6 Å². The highest BCUT2D eigenvalue weighted by atomic mass is 19.4. The standard InChI is InChI=1S/C17H23F3N2O/c1-2-15-5-3-4-11-22(15)12-10-16(23)21-14-8-6-13(7-9-14)17(18,19)20/h6-9,15H,2-5,10-12H2,1H3,(H,21,23). The molecule has 0 spiro atoms. The largest absolute Gasteiger partial charge is 0.416 e. The molecule has 1 saturated heterocycles. The molecular weight excluding hydrogens is 305 g/mol. The van der Waals surface area contributed by atoms with Gasteiger partial charge in [-0.1, -0.05) is 13.3 Å². The van der Waals surface area contributed by atoms with Crippen LogP contribution in [-0.4, -0.2) is 29.9 Å². The lowest BCUT2D eigenvalue weighted by atomic mass is 10.00. The number of alkyl halides is 3. The van der Waals surface area contributed by atoms with E-state index in [0.29, 0.717) is 24.7 Å². The van der Waals surface area contributed by atoms with E-state index in [9.17, 15) is 18.0 Å². The van der Waals surface area contributed by atoms with Gasteiger partial charge in [-0.3, -0.25) is 9.69 Å². The maximum Gasteiger partial charge on any atom is 0.416 e. The van der Waals surface area contributed by atoms with E-state index in [-0.39, 0.29) is 5.91 Å². The van der Waals surface area contributed by atoms with Crippen LogP contribution in [-0.2, 0) is 11.0 Å². The fraction of sp³-hybridized carbons (Fsp3) is 0.588. The van der Waals surface area contributed by atoms with Crippen molar-refractivity contribution in [1.29, 1.82) is 0 Å². The molecule has 1 atom stereocenters. The number of carbonyl (C=O) groups is 1. The summed E-state index contributed by atoms with van der Waals surface area (Å²) in [6.07, 6.45) is 0.671. The molecule has 2 rings (SSSR count). The lowest BCUT2D eigenvalue weighted by molar-refractivity contribution is -0.137. The van der Waals surface area contributed by atoms with Crippen LogP contribution >= 0.6 is 0 Å². The maximum absolute atomic E-state index is 12.5. The minimum Gasteiger partial charge on any atom is -0.326 e. The molecule has 0 aromatic heterocycles. The van der Waals surface area contributed by atoms with Crippen LogP contribution < -0.4 is 5.32 Å². The predicted octanol–water partition coefficient (Wildman–Crippen LogP) is 4.30. The van der Waals surface area contributed by atoms with E-state index in [1.54, 1.807) is 0 Å². The summed E-state index contributed by atoms with van der Waals surface area (Å²) in [5.74, 6) is -0.162. The number of benzene rings is 1. The fourth-order valence-corrected chi connectivity index (χ4v) is 3.03. The normalized spacial score (nSPS) is 19.6. The molecule has 1 aromatic rings. The molecule has 23 heavy (non-hydrogen) atoms. The van der Waals surface area contributed by atoms with E-state index in [0.717, 1.165) is 31.5 Å². The van der Waals surface area contributed by atoms with Gasteiger partial charge in [-0.05, 0) is 50.1 Å². The van der Waals surface area contributed by atoms with Crippen molar-refractivity contribution in [2.45, 2.75) is 51.2 Å². The van der Waals surface area contributed by atoms with Crippen molar-refractivity contribution in [1.82, 2.24) is 4.90 Å². The van der Waals surface area contributed by atoms with Crippen LogP contribution in [0.3, 0.4) is 0 Å². The number of likely N-dealkylation sites (tertiary alicyclic amines) is 1. The number of anilines is 1. The summed E-state index contributed by atoms with van der Waals surface area (Å²) >= 11 is 0. The van der Waals surface area contributed by atoms with E-state index in [1.165, 1.54) is 25.0 Å². The molecule has 1 aliphatic rings. The van der Waals surface area contributed by atoms with Gasteiger partial charge in [0, 0.05) is 24.7 Å². The SMILES string of the molecule is CCC1CCCCN1CCC(=O)Nc1ccc(C(F)(F)F)cc1. The van der Waals surface area contributed by atoms with Gasteiger partial charge >= 0.3 is 6.18 Å². The zero-order valence-electron chi connectivity index (χ0n) is 13.3. The van der Waals surface area contributed by atoms with Crippen molar-refractivity contribution in [2.24, 2.45) is 0 Å². The Labute approximate surface area is 134 Å². The molecule has 1 aromatic carbocycles. The van der Waals surface area contributed by atoms with Crippen molar-refractivity contribution in [3.63, 3.8) is 0 Å². The lowest BCUT2D eigenvalue weighted by Gasteiger charge is -2.35. The quantitative estimate of drug-likeness (QED) is 0.874. The Kier molecular flexibility index (Phi) is 6.04. The molecule has 1 heterocycles. The van der Waals surface area contributed by atoms with Gasteiger partial charge in [0.25, 0.3) is 0 Å². The summed E-state index contributed by atoms with van der Waals surface area (Å²) < 4.78 is 37.5. The van der Waals surface area contributed by atoms with Gasteiger partial charge < -0.3 is 5.32 Å². The third kappa shape index (κ3) is 5.23. The molecule has 0 radical (unpaired) electrons. The summed E-state index contributed by atoms with van der Waals surface area (Å²) in [6, 6.07) is 5.08. The first kappa shape index (κ1) is 17.8. The highest BCUT2D eigenvalue weighted by Crippen LogP contribution is 2.29. The van der Waals surface area contributed by atoms with Crippen LogP contribution in [0.5, 0.6) is 0 Å². The molecule has 1 aliphatic heterocycles. The molecule has 6 heteroatoms. The zero-order chi connectivity index (χ0) is 16.9. The summed E-state index contributed by atoms with van der Waals surface area (Å²) in [5.41, 5.74) is -0.316. The first-order chi connectivity index (χ1) is 10.9. The third-order valence-corrected chi connectivity index (χ3v) is 4.34. The van der Waals surface area contributed by atoms with Crippen molar-refractivity contribution in [3.8, 4) is 0 Å². The van der Waals surface area contributed by atoms with E-state index in [1.807, 2.05) is 0 Å². The van der Waals surface area contributed by atoms with E-state index >= 15 is 0 Å². The Hall–Kier alpha value is -1.56. The molecule has 0 saturated carbocycles. The second kappa shape index (κ2) is 7.81. The number of carbonyl (C=O) groups excluding carboxylic acids is 1. The van der Waals surface area contributed by atoms with Crippen LogP contribution in [0.25, 0.3) is 0 Å². The topological polar surface area (TPSA) is 32.3 Å². The number of amides is 1. The summed E-state index contributed by atoms with van der Waals surface area (Å²) in [5, 5.41) is 2.66. The number of hydrogen-bond donors (Lipinski definition) is 1. The Morgan fingerprint density at radius 1 is 1.26 bits per heavy atom. The molecule has 3 nitrogen and oxygen atoms in total. The minimum absolute atomic E-state index is 0.162. The Morgan fingerprint density at radius 3 is 2.57 bits per heavy atom. The molecule has 0 bridgehead atoms. The Bertz CT molecular complexity index is 514. The van der Waals surface area contributed by atoms with Crippen LogP contribution in [0.2, 0.25) is 0 Å². The number of hydrogen-bond acceptors (Lipinski definition) is 2. The van der Waals surface area contributed by atoms with Crippen LogP contribution in [0.15, 0.2) is 24.3 Å². The van der Waals surface area contributed by atoms with Crippen molar-refractivity contribution in [3.05, 3.63) is 29.8 Å². The molecular formula is C17H23F3N2O. The van der Waals surface area contributed by atoms with Gasteiger partial charge in [0.05, 0.1) is 5.56 Å². The first-order valence-corrected chi connectivity index (χ1v) is 8.11. The van der Waals surface area contributed by atoms with E-state index in [2.05, 4.69) is 17.1 Å². The number of nitrogens with one attached hydrogen (secondary N) is 1. The second-order valence-corrected chi connectivity index (χ2v) is 5.97. The monoisotopic (exact) mass is 328 g/mol. The van der Waals surface area contributed by atoms with Gasteiger partial charge in [-0.2, -0.15) is 13.2 Å². The molecule has 0 aliphatic carbocycles. The van der Waals surface area contributed by atoms with Crippen LogP contribution in [0.1, 0.15) is 44.6 Å². The van der Waals surface area contributed by atoms with Crippen LogP contribution in [0.4, 0.5) is 18.9 Å². The van der Waals surface area contributed by atoms with E-state index < -0.39 is 11.7 Å². The van der Waals surface area contributed by atoms with Crippen molar-refractivity contribution < 1.29 is 18.0 Å². The van der Waals surface area contributed by atoms with Crippen molar-refractivity contribution in [2.75, 3.05) is 18.4 Å². The van der Waals surface area contributed by atoms with Gasteiger partial charge in [0.1, 0.15) is 0 Å². The highest BCUT2D eigenvalue weighted by molar-refractivity contribution is 5.90. The minimum atomic E-state index is -4.36. The van der Waals surface area contributed by atoms with E-state index in [4.69, 9.17) is 0 Å². The first-order valence-electron chi connectivity index (χ1n) is 8.11. The Balaban J connectivity index is 1.82. The average Bonchev–Trinajstić information content (AvgIpc) is 2.53. The van der Waals surface area contributed by atoms with Gasteiger partial charge in [-0.25, -0.2) is 0 Å². The highest BCUT2D eigenvalue weighted by Gasteiger charge is 2.30. The molecule has 1 unspecified atom stereocenters. The number of rotatable bonds is 5. The molecule has 1 fully saturated rings. The number of piperidine rings is 1. The second-order valence-electron chi connectivity index (χ2n) is 5.97.